The molecule has 7 heteroatoms. The van der Waals surface area contributed by atoms with Gasteiger partial charge in [0.1, 0.15) is 5.82 Å². The van der Waals surface area contributed by atoms with Crippen LogP contribution in [0.5, 0.6) is 11.5 Å². The molecule has 0 unspecified atom stereocenters. The molecule has 0 radical (unpaired) electrons. The van der Waals surface area contributed by atoms with E-state index in [1.54, 1.807) is 30.0 Å². The summed E-state index contributed by atoms with van der Waals surface area (Å²) in [6.07, 6.45) is 0. The van der Waals surface area contributed by atoms with Crippen LogP contribution in [0.3, 0.4) is 0 Å². The first-order chi connectivity index (χ1) is 14.9. The van der Waals surface area contributed by atoms with Crippen molar-refractivity contribution in [3.05, 3.63) is 70.9 Å². The highest BCUT2D eigenvalue weighted by Crippen LogP contribution is 2.28. The van der Waals surface area contributed by atoms with Crippen molar-refractivity contribution in [2.45, 2.75) is 20.8 Å². The van der Waals surface area contributed by atoms with Crippen LogP contribution in [-0.4, -0.2) is 34.9 Å². The highest BCUT2D eigenvalue weighted by Gasteiger charge is 2.16. The number of carbonyl (C=O) groups excluding carboxylic acids is 1. The fourth-order valence-electron chi connectivity index (χ4n) is 3.58. The maximum Gasteiger partial charge on any atom is 0.256 e. The molecule has 0 fully saturated rings. The molecule has 1 N–H and O–H groups in total. The lowest BCUT2D eigenvalue weighted by molar-refractivity contribution is 0.102. The highest BCUT2D eigenvalue weighted by molar-refractivity contribution is 6.04. The van der Waals surface area contributed by atoms with E-state index in [0.717, 1.165) is 27.7 Å². The van der Waals surface area contributed by atoms with Gasteiger partial charge in [0, 0.05) is 17.0 Å². The van der Waals surface area contributed by atoms with Crippen molar-refractivity contribution in [3.63, 3.8) is 0 Å². The molecule has 0 spiro atoms. The van der Waals surface area contributed by atoms with Gasteiger partial charge >= 0.3 is 0 Å². The minimum atomic E-state index is -0.282. The number of para-hydroxylation sites is 1. The van der Waals surface area contributed by atoms with Gasteiger partial charge in [-0.2, -0.15) is 9.78 Å². The summed E-state index contributed by atoms with van der Waals surface area (Å²) in [5, 5.41) is 8.60. The van der Waals surface area contributed by atoms with Gasteiger partial charge in [-0.25, -0.2) is 4.98 Å². The number of nitrogens with one attached hydrogen (secondary N) is 1. The average Bonchev–Trinajstić information content (AvgIpc) is 3.13. The second kappa shape index (κ2) is 8.10. The van der Waals surface area contributed by atoms with Gasteiger partial charge in [-0.15, -0.1) is 0 Å². The number of ether oxygens (including phenoxy) is 2. The molecule has 31 heavy (non-hydrogen) atoms. The number of hydrogen-bond donors (Lipinski definition) is 1. The molecule has 0 aliphatic carbocycles. The Bertz CT molecular complexity index is 1290. The van der Waals surface area contributed by atoms with E-state index in [0.29, 0.717) is 28.7 Å². The number of fused-ring (bicyclic) bond motifs is 1. The predicted octanol–water partition coefficient (Wildman–Crippen LogP) is 4.62. The van der Waals surface area contributed by atoms with Crippen LogP contribution in [0.15, 0.2) is 48.5 Å². The van der Waals surface area contributed by atoms with E-state index in [-0.39, 0.29) is 5.91 Å². The van der Waals surface area contributed by atoms with Crippen LogP contribution in [0.4, 0.5) is 5.82 Å². The summed E-state index contributed by atoms with van der Waals surface area (Å²) < 4.78 is 12.2. The van der Waals surface area contributed by atoms with Crippen LogP contribution in [0.2, 0.25) is 0 Å². The van der Waals surface area contributed by atoms with E-state index >= 15 is 0 Å². The third-order valence-corrected chi connectivity index (χ3v) is 5.17. The molecule has 4 aromatic rings. The monoisotopic (exact) mass is 416 g/mol. The molecule has 0 atom stereocenters. The van der Waals surface area contributed by atoms with E-state index in [1.807, 2.05) is 45.0 Å². The average molecular weight is 416 g/mol. The Balaban J connectivity index is 1.72. The molecule has 2 heterocycles. The maximum absolute atomic E-state index is 12.9. The van der Waals surface area contributed by atoms with Gasteiger partial charge in [0.15, 0.2) is 17.3 Å². The molecule has 0 saturated heterocycles. The molecular formula is C24H24N4O3. The number of nitrogens with zero attached hydrogens (tertiary/aromatic N) is 3. The van der Waals surface area contributed by atoms with Gasteiger partial charge in [0.2, 0.25) is 0 Å². The highest BCUT2D eigenvalue weighted by atomic mass is 16.5. The smallest absolute Gasteiger partial charge is 0.256 e. The topological polar surface area (TPSA) is 78.3 Å². The van der Waals surface area contributed by atoms with E-state index in [2.05, 4.69) is 16.5 Å². The van der Waals surface area contributed by atoms with Crippen LogP contribution in [-0.2, 0) is 0 Å². The Morgan fingerprint density at radius 2 is 1.71 bits per heavy atom. The van der Waals surface area contributed by atoms with Crippen molar-refractivity contribution < 1.29 is 14.3 Å². The van der Waals surface area contributed by atoms with Gasteiger partial charge < -0.3 is 14.8 Å². The molecule has 2 aromatic carbocycles. The van der Waals surface area contributed by atoms with Crippen molar-refractivity contribution in [3.8, 4) is 17.3 Å². The summed E-state index contributed by atoms with van der Waals surface area (Å²) in [7, 11) is 3.09. The minimum absolute atomic E-state index is 0.282. The van der Waals surface area contributed by atoms with Crippen LogP contribution in [0.25, 0.3) is 16.7 Å². The van der Waals surface area contributed by atoms with Gasteiger partial charge in [0.25, 0.3) is 5.91 Å². The second-order valence-corrected chi connectivity index (χ2v) is 7.38. The molecule has 0 bridgehead atoms. The maximum atomic E-state index is 12.9. The SMILES string of the molecule is COc1ccc(C(=O)Nc2cc(C)nn2-c2cc(C)c3cccc(C)c3n2)cc1OC. The largest absolute Gasteiger partial charge is 0.493 e. The number of anilines is 1. The van der Waals surface area contributed by atoms with Gasteiger partial charge in [-0.1, -0.05) is 18.2 Å². The van der Waals surface area contributed by atoms with E-state index in [1.165, 1.54) is 7.11 Å². The van der Waals surface area contributed by atoms with Crippen LogP contribution >= 0.6 is 0 Å². The zero-order chi connectivity index (χ0) is 22.1. The lowest BCUT2D eigenvalue weighted by Gasteiger charge is -2.12. The summed E-state index contributed by atoms with van der Waals surface area (Å²) in [6.45, 7) is 5.96. The van der Waals surface area contributed by atoms with Crippen molar-refractivity contribution in [1.29, 1.82) is 0 Å². The zero-order valence-corrected chi connectivity index (χ0v) is 18.2. The van der Waals surface area contributed by atoms with Gasteiger partial charge in [0.05, 0.1) is 25.4 Å². The standard InChI is InChI=1S/C24H24N4O3/c1-14-7-6-8-18-15(2)11-21(25-23(14)18)28-22(12-16(3)27-28)26-24(29)17-9-10-19(30-4)20(13-17)31-5/h6-13H,1-5H3,(H,26,29). The lowest BCUT2D eigenvalue weighted by Crippen LogP contribution is -2.16. The van der Waals surface area contributed by atoms with E-state index < -0.39 is 0 Å². The normalized spacial score (nSPS) is 10.9. The number of pyridine rings is 1. The van der Waals surface area contributed by atoms with Crippen LogP contribution in [0.1, 0.15) is 27.2 Å². The molecule has 2 aromatic heterocycles. The third kappa shape index (κ3) is 3.82. The molecule has 4 rings (SSSR count). The molecule has 0 aliphatic heterocycles. The van der Waals surface area contributed by atoms with Gasteiger partial charge in [-0.05, 0) is 56.2 Å². The third-order valence-electron chi connectivity index (χ3n) is 5.17. The Labute approximate surface area is 180 Å². The molecule has 0 saturated carbocycles. The Morgan fingerprint density at radius 1 is 0.935 bits per heavy atom. The first kappa shape index (κ1) is 20.4. The van der Waals surface area contributed by atoms with Crippen molar-refractivity contribution in [2.24, 2.45) is 0 Å². The Morgan fingerprint density at radius 3 is 2.45 bits per heavy atom. The first-order valence-electron chi connectivity index (χ1n) is 9.88. The molecule has 158 valence electrons. The molecular weight excluding hydrogens is 392 g/mol. The van der Waals surface area contributed by atoms with Crippen molar-refractivity contribution >= 4 is 22.6 Å². The zero-order valence-electron chi connectivity index (χ0n) is 18.2. The summed E-state index contributed by atoms with van der Waals surface area (Å²) >= 11 is 0. The number of aryl methyl sites for hydroxylation is 3. The molecule has 0 aliphatic rings. The number of aromatic nitrogens is 3. The number of amides is 1. The predicted molar refractivity (Wildman–Crippen MR) is 121 cm³/mol. The number of hydrogen-bond acceptors (Lipinski definition) is 5. The number of carbonyl (C=O) groups is 1. The summed E-state index contributed by atoms with van der Waals surface area (Å²) in [4.78, 5) is 17.8. The first-order valence-corrected chi connectivity index (χ1v) is 9.88. The number of benzene rings is 2. The molecule has 1 amide bonds. The number of rotatable bonds is 5. The fraction of sp³-hybridized carbons (Fsp3) is 0.208. The minimum Gasteiger partial charge on any atom is -0.493 e. The number of methoxy groups -OCH3 is 2. The molecule has 7 nitrogen and oxygen atoms in total. The van der Waals surface area contributed by atoms with Gasteiger partial charge in [-0.3, -0.25) is 4.79 Å². The van der Waals surface area contributed by atoms with Crippen LogP contribution in [0, 0.1) is 20.8 Å². The fourth-order valence-corrected chi connectivity index (χ4v) is 3.58. The summed E-state index contributed by atoms with van der Waals surface area (Å²) in [5.41, 5.74) is 4.31. The van der Waals surface area contributed by atoms with Crippen molar-refractivity contribution in [2.75, 3.05) is 19.5 Å². The summed E-state index contributed by atoms with van der Waals surface area (Å²) in [6, 6.07) is 14.9. The Hall–Kier alpha value is -3.87. The summed E-state index contributed by atoms with van der Waals surface area (Å²) in [5.74, 6) is 1.95. The van der Waals surface area contributed by atoms with E-state index in [4.69, 9.17) is 14.5 Å². The van der Waals surface area contributed by atoms with Crippen molar-refractivity contribution in [1.82, 2.24) is 14.8 Å². The second-order valence-electron chi connectivity index (χ2n) is 7.38. The Kier molecular flexibility index (Phi) is 5.33. The quantitative estimate of drug-likeness (QED) is 0.514. The van der Waals surface area contributed by atoms with E-state index in [9.17, 15) is 4.79 Å². The lowest BCUT2D eigenvalue weighted by atomic mass is 10.1. The van der Waals surface area contributed by atoms with Crippen LogP contribution < -0.4 is 14.8 Å².